The van der Waals surface area contributed by atoms with E-state index in [0.29, 0.717) is 0 Å². The molecule has 0 saturated carbocycles. The molecule has 16 heavy (non-hydrogen) atoms. The van der Waals surface area contributed by atoms with E-state index in [1.807, 2.05) is 11.3 Å². The highest BCUT2D eigenvalue weighted by molar-refractivity contribution is 7.11. The maximum absolute atomic E-state index is 5.55. The summed E-state index contributed by atoms with van der Waals surface area (Å²) in [6, 6.07) is 0. The van der Waals surface area contributed by atoms with E-state index < -0.39 is 0 Å². The quantitative estimate of drug-likeness (QED) is 0.876. The first kappa shape index (κ1) is 12.0. The number of aromatic nitrogens is 1. The molecule has 1 aromatic rings. The van der Waals surface area contributed by atoms with Crippen LogP contribution in [0.3, 0.4) is 0 Å². The molecule has 0 aliphatic carbocycles. The van der Waals surface area contributed by atoms with Gasteiger partial charge in [-0.3, -0.25) is 0 Å². The van der Waals surface area contributed by atoms with E-state index >= 15 is 0 Å². The molecule has 4 heteroatoms. The van der Waals surface area contributed by atoms with Crippen LogP contribution in [0.4, 0.5) is 0 Å². The van der Waals surface area contributed by atoms with Crippen molar-refractivity contribution in [1.82, 2.24) is 4.98 Å². The predicted octanol–water partition coefficient (Wildman–Crippen LogP) is 2.02. The number of hydrogen-bond donors (Lipinski definition) is 1. The maximum Gasteiger partial charge on any atom is 0.101 e. The van der Waals surface area contributed by atoms with E-state index in [1.54, 1.807) is 0 Å². The lowest BCUT2D eigenvalue weighted by Gasteiger charge is -2.17. The summed E-state index contributed by atoms with van der Waals surface area (Å²) in [5.74, 6) is 0. The SMILES string of the molecule is Cc1nc(C2(C)CCOC2)sc1CCCN. The Balaban J connectivity index is 2.16. The molecule has 1 unspecified atom stereocenters. The molecule has 3 nitrogen and oxygen atoms in total. The van der Waals surface area contributed by atoms with Gasteiger partial charge >= 0.3 is 0 Å². The van der Waals surface area contributed by atoms with Gasteiger partial charge in [-0.25, -0.2) is 4.98 Å². The Bertz CT molecular complexity index is 356. The molecule has 0 radical (unpaired) electrons. The molecule has 0 aromatic carbocycles. The van der Waals surface area contributed by atoms with Crippen molar-refractivity contribution in [3.05, 3.63) is 15.6 Å². The van der Waals surface area contributed by atoms with Gasteiger partial charge in [-0.2, -0.15) is 0 Å². The minimum atomic E-state index is 0.149. The second-order valence-electron chi connectivity index (χ2n) is 4.78. The first-order valence-corrected chi connectivity index (χ1v) is 6.72. The van der Waals surface area contributed by atoms with Crippen LogP contribution < -0.4 is 5.73 Å². The summed E-state index contributed by atoms with van der Waals surface area (Å²) in [6.07, 6.45) is 3.21. The lowest BCUT2D eigenvalue weighted by molar-refractivity contribution is 0.180. The smallest absolute Gasteiger partial charge is 0.101 e. The van der Waals surface area contributed by atoms with Crippen LogP contribution in [0.15, 0.2) is 0 Å². The Morgan fingerprint density at radius 3 is 3.00 bits per heavy atom. The fraction of sp³-hybridized carbons (Fsp3) is 0.750. The van der Waals surface area contributed by atoms with Crippen LogP contribution in [-0.2, 0) is 16.6 Å². The topological polar surface area (TPSA) is 48.1 Å². The van der Waals surface area contributed by atoms with E-state index in [2.05, 4.69) is 13.8 Å². The zero-order valence-corrected chi connectivity index (χ0v) is 10.9. The summed E-state index contributed by atoms with van der Waals surface area (Å²) in [5, 5.41) is 1.24. The Morgan fingerprint density at radius 1 is 1.56 bits per heavy atom. The zero-order chi connectivity index (χ0) is 11.6. The van der Waals surface area contributed by atoms with Crippen molar-refractivity contribution in [2.24, 2.45) is 5.73 Å². The molecule has 1 aromatic heterocycles. The average molecular weight is 240 g/mol. The van der Waals surface area contributed by atoms with Gasteiger partial charge in [-0.05, 0) is 32.7 Å². The van der Waals surface area contributed by atoms with Crippen LogP contribution in [-0.4, -0.2) is 24.7 Å². The molecule has 1 aliphatic rings. The number of ether oxygens (including phenoxy) is 1. The van der Waals surface area contributed by atoms with E-state index in [1.165, 1.54) is 15.6 Å². The largest absolute Gasteiger partial charge is 0.380 e. The molecule has 1 aliphatic heterocycles. The molecule has 0 spiro atoms. The van der Waals surface area contributed by atoms with Crippen molar-refractivity contribution < 1.29 is 4.74 Å². The summed E-state index contributed by atoms with van der Waals surface area (Å²) in [7, 11) is 0. The zero-order valence-electron chi connectivity index (χ0n) is 10.1. The van der Waals surface area contributed by atoms with Gasteiger partial charge in [0.25, 0.3) is 0 Å². The molecule has 0 bridgehead atoms. The van der Waals surface area contributed by atoms with Crippen LogP contribution in [0.5, 0.6) is 0 Å². The van der Waals surface area contributed by atoms with Gasteiger partial charge in [0.1, 0.15) is 5.01 Å². The standard InChI is InChI=1S/C12H20N2OS/c1-9-10(4-3-6-13)16-11(14-9)12(2)5-7-15-8-12/h3-8,13H2,1-2H3. The Labute approximate surface area is 101 Å². The van der Waals surface area contributed by atoms with Gasteiger partial charge < -0.3 is 10.5 Å². The Kier molecular flexibility index (Phi) is 3.62. The Morgan fingerprint density at radius 2 is 2.38 bits per heavy atom. The minimum absolute atomic E-state index is 0.149. The summed E-state index contributed by atoms with van der Waals surface area (Å²) in [5.41, 5.74) is 6.88. The third kappa shape index (κ3) is 2.29. The third-order valence-corrected chi connectivity index (χ3v) is 4.76. The monoisotopic (exact) mass is 240 g/mol. The van der Waals surface area contributed by atoms with Gasteiger partial charge in [-0.1, -0.05) is 6.92 Å². The van der Waals surface area contributed by atoms with Crippen molar-refractivity contribution in [2.45, 2.75) is 38.5 Å². The molecule has 1 saturated heterocycles. The molecule has 2 N–H and O–H groups in total. The summed E-state index contributed by atoms with van der Waals surface area (Å²) in [4.78, 5) is 6.11. The fourth-order valence-electron chi connectivity index (χ4n) is 2.02. The van der Waals surface area contributed by atoms with Crippen molar-refractivity contribution in [3.63, 3.8) is 0 Å². The van der Waals surface area contributed by atoms with Crippen LogP contribution in [0.1, 0.15) is 35.3 Å². The molecule has 0 amide bonds. The number of nitrogens with zero attached hydrogens (tertiary/aromatic N) is 1. The third-order valence-electron chi connectivity index (χ3n) is 3.24. The lowest BCUT2D eigenvalue weighted by Crippen LogP contribution is -2.21. The van der Waals surface area contributed by atoms with Gasteiger partial charge in [0.2, 0.25) is 0 Å². The second-order valence-corrected chi connectivity index (χ2v) is 5.87. The second kappa shape index (κ2) is 4.82. The van der Waals surface area contributed by atoms with Crippen LogP contribution >= 0.6 is 11.3 Å². The van der Waals surface area contributed by atoms with E-state index in [4.69, 9.17) is 15.5 Å². The molecular formula is C12H20N2OS. The van der Waals surface area contributed by atoms with E-state index in [9.17, 15) is 0 Å². The van der Waals surface area contributed by atoms with Crippen molar-refractivity contribution >= 4 is 11.3 Å². The molecule has 90 valence electrons. The molecule has 2 heterocycles. The number of rotatable bonds is 4. The summed E-state index contributed by atoms with van der Waals surface area (Å²) in [6.45, 7) is 6.80. The van der Waals surface area contributed by atoms with Crippen LogP contribution in [0.25, 0.3) is 0 Å². The first-order chi connectivity index (χ1) is 7.65. The fourth-order valence-corrected chi connectivity index (χ4v) is 3.28. The van der Waals surface area contributed by atoms with Crippen molar-refractivity contribution in [3.8, 4) is 0 Å². The molecule has 1 atom stereocenters. The highest BCUT2D eigenvalue weighted by Crippen LogP contribution is 2.36. The summed E-state index contributed by atoms with van der Waals surface area (Å²) < 4.78 is 5.49. The molecule has 2 rings (SSSR count). The van der Waals surface area contributed by atoms with Gasteiger partial charge in [0, 0.05) is 16.9 Å². The highest BCUT2D eigenvalue weighted by atomic mass is 32.1. The predicted molar refractivity (Wildman–Crippen MR) is 67.0 cm³/mol. The first-order valence-electron chi connectivity index (χ1n) is 5.90. The number of nitrogens with two attached hydrogens (primary N) is 1. The van der Waals surface area contributed by atoms with E-state index in [-0.39, 0.29) is 5.41 Å². The van der Waals surface area contributed by atoms with Gasteiger partial charge in [-0.15, -0.1) is 11.3 Å². The number of hydrogen-bond acceptors (Lipinski definition) is 4. The summed E-state index contributed by atoms with van der Waals surface area (Å²) >= 11 is 1.85. The minimum Gasteiger partial charge on any atom is -0.380 e. The van der Waals surface area contributed by atoms with Crippen molar-refractivity contribution in [1.29, 1.82) is 0 Å². The normalized spacial score (nSPS) is 25.2. The van der Waals surface area contributed by atoms with Crippen LogP contribution in [0.2, 0.25) is 0 Å². The highest BCUT2D eigenvalue weighted by Gasteiger charge is 2.35. The van der Waals surface area contributed by atoms with E-state index in [0.717, 1.165) is 39.0 Å². The molecule has 1 fully saturated rings. The van der Waals surface area contributed by atoms with Gasteiger partial charge in [0.15, 0.2) is 0 Å². The maximum atomic E-state index is 5.55. The van der Waals surface area contributed by atoms with Crippen molar-refractivity contribution in [2.75, 3.05) is 19.8 Å². The van der Waals surface area contributed by atoms with Crippen LogP contribution in [0, 0.1) is 6.92 Å². The molecular weight excluding hydrogens is 220 g/mol. The lowest BCUT2D eigenvalue weighted by atomic mass is 9.91. The Hall–Kier alpha value is -0.450. The number of aryl methyl sites for hydroxylation is 2. The van der Waals surface area contributed by atoms with Gasteiger partial charge in [0.05, 0.1) is 12.3 Å². The average Bonchev–Trinajstić information content (AvgIpc) is 2.84. The number of thiazole rings is 1.